The van der Waals surface area contributed by atoms with E-state index in [9.17, 15) is 14.0 Å². The van der Waals surface area contributed by atoms with E-state index in [4.69, 9.17) is 9.47 Å². The number of esters is 1. The van der Waals surface area contributed by atoms with Gasteiger partial charge in [0, 0.05) is 6.07 Å². The molecule has 0 aromatic heterocycles. The minimum atomic E-state index is -0.820. The maximum absolute atomic E-state index is 13.7. The summed E-state index contributed by atoms with van der Waals surface area (Å²) in [5.74, 6) is -1.07. The van der Waals surface area contributed by atoms with E-state index in [-0.39, 0.29) is 22.9 Å². The zero-order valence-electron chi connectivity index (χ0n) is 15.6. The molecule has 0 aliphatic carbocycles. The van der Waals surface area contributed by atoms with Crippen LogP contribution in [0.1, 0.15) is 38.8 Å². The quantitative estimate of drug-likeness (QED) is 0.349. The molecule has 1 aliphatic heterocycles. The zero-order chi connectivity index (χ0) is 20.4. The average molecular weight is 388 g/mol. The molecule has 0 atom stereocenters. The van der Waals surface area contributed by atoms with Crippen LogP contribution in [0.3, 0.4) is 0 Å². The van der Waals surface area contributed by atoms with Crippen molar-refractivity contribution in [1.29, 1.82) is 0 Å². The molecule has 0 bridgehead atoms. The molecule has 0 unspecified atom stereocenters. The molecule has 4 nitrogen and oxygen atoms in total. The third kappa shape index (κ3) is 3.80. The van der Waals surface area contributed by atoms with E-state index in [1.165, 1.54) is 42.0 Å². The highest BCUT2D eigenvalue weighted by Gasteiger charge is 2.28. The van der Waals surface area contributed by atoms with Gasteiger partial charge in [-0.3, -0.25) is 4.79 Å². The van der Waals surface area contributed by atoms with Gasteiger partial charge in [-0.05, 0) is 47.9 Å². The van der Waals surface area contributed by atoms with Crippen molar-refractivity contribution in [2.45, 2.75) is 13.3 Å². The predicted molar refractivity (Wildman–Crippen MR) is 107 cm³/mol. The van der Waals surface area contributed by atoms with Gasteiger partial charge >= 0.3 is 5.97 Å². The number of halogens is 1. The molecule has 0 radical (unpaired) electrons. The van der Waals surface area contributed by atoms with E-state index in [2.05, 4.69) is 6.92 Å². The fraction of sp³-hybridized carbons (Fsp3) is 0.0833. The summed E-state index contributed by atoms with van der Waals surface area (Å²) < 4.78 is 24.7. The van der Waals surface area contributed by atoms with Gasteiger partial charge in [0.2, 0.25) is 5.78 Å². The number of ether oxygens (including phenoxy) is 2. The largest absolute Gasteiger partial charge is 0.452 e. The van der Waals surface area contributed by atoms with E-state index in [0.29, 0.717) is 11.3 Å². The van der Waals surface area contributed by atoms with Crippen molar-refractivity contribution in [1.82, 2.24) is 0 Å². The maximum Gasteiger partial charge on any atom is 0.346 e. The lowest BCUT2D eigenvalue weighted by Crippen LogP contribution is -2.10. The Morgan fingerprint density at radius 2 is 1.83 bits per heavy atom. The number of hydrogen-bond donors (Lipinski definition) is 0. The highest BCUT2D eigenvalue weighted by atomic mass is 19.1. The van der Waals surface area contributed by atoms with Crippen LogP contribution in [0.25, 0.3) is 6.08 Å². The molecule has 0 amide bonds. The van der Waals surface area contributed by atoms with Crippen LogP contribution in [-0.4, -0.2) is 11.8 Å². The van der Waals surface area contributed by atoms with Gasteiger partial charge in [0.25, 0.3) is 0 Å². The second kappa shape index (κ2) is 7.72. The summed E-state index contributed by atoms with van der Waals surface area (Å²) in [6, 6.07) is 17.9. The van der Waals surface area contributed by atoms with Crippen LogP contribution < -0.4 is 9.47 Å². The highest BCUT2D eigenvalue weighted by molar-refractivity contribution is 6.14. The Morgan fingerprint density at radius 1 is 1.07 bits per heavy atom. The lowest BCUT2D eigenvalue weighted by atomic mass is 10.1. The summed E-state index contributed by atoms with van der Waals surface area (Å²) in [6.07, 6.45) is 2.61. The number of fused-ring (bicyclic) bond motifs is 1. The van der Waals surface area contributed by atoms with Crippen molar-refractivity contribution in [3.63, 3.8) is 0 Å². The first-order valence-electron chi connectivity index (χ1n) is 9.19. The summed E-state index contributed by atoms with van der Waals surface area (Å²) in [6.45, 7) is 2.07. The molecule has 0 saturated heterocycles. The topological polar surface area (TPSA) is 52.6 Å². The number of allylic oxidation sites excluding steroid dienone is 1. The van der Waals surface area contributed by atoms with E-state index in [1.807, 2.05) is 24.3 Å². The van der Waals surface area contributed by atoms with Crippen LogP contribution in [-0.2, 0) is 6.42 Å². The van der Waals surface area contributed by atoms with Gasteiger partial charge in [0.05, 0.1) is 11.1 Å². The summed E-state index contributed by atoms with van der Waals surface area (Å²) in [5.41, 5.74) is 2.27. The fourth-order valence-corrected chi connectivity index (χ4v) is 3.02. The van der Waals surface area contributed by atoms with E-state index in [0.717, 1.165) is 12.0 Å². The van der Waals surface area contributed by atoms with E-state index in [1.54, 1.807) is 12.1 Å². The van der Waals surface area contributed by atoms with Crippen LogP contribution in [0.5, 0.6) is 11.5 Å². The molecule has 0 spiro atoms. The standard InChI is InChI=1S/C24H17FO4/c1-2-15-7-9-16(10-8-15)13-22-23(26)19-12-11-17(14-21(19)29-22)28-24(27)18-5-3-4-6-20(18)25/h3-14H,2H2,1H3/b22-13-. The highest BCUT2D eigenvalue weighted by Crippen LogP contribution is 2.35. The Kier molecular flexibility index (Phi) is 4.96. The maximum atomic E-state index is 13.7. The van der Waals surface area contributed by atoms with Crippen molar-refractivity contribution < 1.29 is 23.5 Å². The van der Waals surface area contributed by atoms with Crippen LogP contribution in [0.15, 0.2) is 72.5 Å². The summed E-state index contributed by atoms with van der Waals surface area (Å²) in [4.78, 5) is 24.7. The predicted octanol–water partition coefficient (Wildman–Crippen LogP) is 5.22. The molecule has 144 valence electrons. The number of carbonyl (C=O) groups excluding carboxylic acids is 2. The van der Waals surface area contributed by atoms with Gasteiger partial charge in [-0.25, -0.2) is 9.18 Å². The van der Waals surface area contributed by atoms with Crippen LogP contribution >= 0.6 is 0 Å². The van der Waals surface area contributed by atoms with Crippen molar-refractivity contribution >= 4 is 17.8 Å². The smallest absolute Gasteiger partial charge is 0.346 e. The zero-order valence-corrected chi connectivity index (χ0v) is 15.6. The Labute approximate surface area is 167 Å². The number of hydrogen-bond acceptors (Lipinski definition) is 4. The van der Waals surface area contributed by atoms with Crippen molar-refractivity contribution in [2.24, 2.45) is 0 Å². The van der Waals surface area contributed by atoms with Gasteiger partial charge in [-0.2, -0.15) is 0 Å². The Hall–Kier alpha value is -3.73. The normalized spacial score (nSPS) is 13.9. The van der Waals surface area contributed by atoms with Gasteiger partial charge < -0.3 is 9.47 Å². The molecule has 0 fully saturated rings. The van der Waals surface area contributed by atoms with Gasteiger partial charge in [-0.15, -0.1) is 0 Å². The molecule has 1 aliphatic rings. The number of benzene rings is 3. The van der Waals surface area contributed by atoms with Crippen molar-refractivity contribution in [3.05, 3.63) is 101 Å². The molecule has 4 rings (SSSR count). The number of carbonyl (C=O) groups is 2. The van der Waals surface area contributed by atoms with E-state index >= 15 is 0 Å². The molecule has 1 heterocycles. The van der Waals surface area contributed by atoms with Gasteiger partial charge in [-0.1, -0.05) is 43.3 Å². The minimum absolute atomic E-state index is 0.165. The molecule has 3 aromatic rings. The average Bonchev–Trinajstić information content (AvgIpc) is 3.03. The second-order valence-corrected chi connectivity index (χ2v) is 6.56. The molecular weight excluding hydrogens is 371 g/mol. The Balaban J connectivity index is 1.54. The molecule has 0 saturated carbocycles. The first-order chi connectivity index (χ1) is 14.0. The third-order valence-corrected chi connectivity index (χ3v) is 4.63. The summed E-state index contributed by atoms with van der Waals surface area (Å²) in [7, 11) is 0. The first-order valence-corrected chi connectivity index (χ1v) is 9.19. The Bertz CT molecular complexity index is 1130. The van der Waals surface area contributed by atoms with Gasteiger partial charge in [0.1, 0.15) is 17.3 Å². The third-order valence-electron chi connectivity index (χ3n) is 4.63. The SMILES string of the molecule is CCc1ccc(/C=C2\Oc3cc(OC(=O)c4ccccc4F)ccc3C2=O)cc1. The molecule has 3 aromatic carbocycles. The number of Topliss-reactive ketones (excluding diaryl/α,β-unsaturated/α-hetero) is 1. The minimum Gasteiger partial charge on any atom is -0.452 e. The van der Waals surface area contributed by atoms with E-state index < -0.39 is 11.8 Å². The van der Waals surface area contributed by atoms with Crippen molar-refractivity contribution in [2.75, 3.05) is 0 Å². The first kappa shape index (κ1) is 18.6. The van der Waals surface area contributed by atoms with Crippen LogP contribution in [0.4, 0.5) is 4.39 Å². The van der Waals surface area contributed by atoms with Crippen LogP contribution in [0.2, 0.25) is 0 Å². The lowest BCUT2D eigenvalue weighted by molar-refractivity contribution is 0.0729. The van der Waals surface area contributed by atoms with Crippen LogP contribution in [0, 0.1) is 5.82 Å². The number of rotatable bonds is 4. The lowest BCUT2D eigenvalue weighted by Gasteiger charge is -2.06. The summed E-state index contributed by atoms with van der Waals surface area (Å²) in [5, 5.41) is 0. The molecule has 5 heteroatoms. The fourth-order valence-electron chi connectivity index (χ4n) is 3.02. The monoisotopic (exact) mass is 388 g/mol. The summed E-state index contributed by atoms with van der Waals surface area (Å²) >= 11 is 0. The van der Waals surface area contributed by atoms with Gasteiger partial charge in [0.15, 0.2) is 5.76 Å². The molecular formula is C24H17FO4. The number of aryl methyl sites for hydroxylation is 1. The Morgan fingerprint density at radius 3 is 2.55 bits per heavy atom. The second-order valence-electron chi connectivity index (χ2n) is 6.56. The molecule has 0 N–H and O–H groups in total. The molecule has 29 heavy (non-hydrogen) atoms. The van der Waals surface area contributed by atoms with Crippen molar-refractivity contribution in [3.8, 4) is 11.5 Å². The number of ketones is 1.